The fourth-order valence-corrected chi connectivity index (χ4v) is 5.53. The zero-order valence-electron chi connectivity index (χ0n) is 31.6. The van der Waals surface area contributed by atoms with Gasteiger partial charge in [-0.3, -0.25) is 19.2 Å². The van der Waals surface area contributed by atoms with Crippen molar-refractivity contribution in [3.63, 3.8) is 0 Å². The molecule has 2 aromatic rings. The molecule has 2 aromatic carbocycles. The van der Waals surface area contributed by atoms with Gasteiger partial charge in [0, 0.05) is 32.5 Å². The molecule has 0 fully saturated rings. The van der Waals surface area contributed by atoms with Crippen LogP contribution in [-0.2, 0) is 46.2 Å². The van der Waals surface area contributed by atoms with Crippen LogP contribution < -0.4 is 15.8 Å². The van der Waals surface area contributed by atoms with Crippen molar-refractivity contribution in [2.45, 2.75) is 117 Å². The number of carbonyl (C=O) groups is 4. The second-order valence-corrected chi connectivity index (χ2v) is 15.6. The van der Waals surface area contributed by atoms with E-state index in [-0.39, 0.29) is 36.4 Å². The number of benzene rings is 2. The van der Waals surface area contributed by atoms with Crippen LogP contribution in [-0.4, -0.2) is 73.7 Å². The molecule has 0 saturated heterocycles. The van der Waals surface area contributed by atoms with E-state index in [0.29, 0.717) is 39.1 Å². The molecule has 0 aliphatic rings. The van der Waals surface area contributed by atoms with Gasteiger partial charge in [0.15, 0.2) is 5.78 Å². The first-order chi connectivity index (χ1) is 23.3. The topological polar surface area (TPSA) is 143 Å². The molecule has 0 saturated carbocycles. The van der Waals surface area contributed by atoms with E-state index < -0.39 is 40.9 Å². The molecule has 1 amide bonds. The van der Waals surface area contributed by atoms with E-state index in [1.807, 2.05) is 89.2 Å². The Morgan fingerprint density at radius 1 is 0.760 bits per heavy atom. The van der Waals surface area contributed by atoms with Crippen LogP contribution in [0.1, 0.15) is 92.2 Å². The highest BCUT2D eigenvalue weighted by atomic mass is 16.6. The summed E-state index contributed by atoms with van der Waals surface area (Å²) in [6.45, 7) is 16.1. The number of hydrogen-bond donors (Lipinski definition) is 2. The minimum absolute atomic E-state index is 0.0355. The van der Waals surface area contributed by atoms with Crippen LogP contribution in [0.2, 0.25) is 0 Å². The van der Waals surface area contributed by atoms with Gasteiger partial charge in [0.25, 0.3) is 0 Å². The van der Waals surface area contributed by atoms with Crippen molar-refractivity contribution in [1.29, 1.82) is 0 Å². The predicted octanol–water partition coefficient (Wildman–Crippen LogP) is 5.81. The van der Waals surface area contributed by atoms with Gasteiger partial charge >= 0.3 is 5.97 Å². The minimum Gasteiger partial charge on any atom is -0.488 e. The summed E-state index contributed by atoms with van der Waals surface area (Å²) < 4.78 is 21.9. The molecular weight excluding hydrogens is 636 g/mol. The van der Waals surface area contributed by atoms with Gasteiger partial charge in [-0.25, -0.2) is 0 Å². The number of ketones is 2. The quantitative estimate of drug-likeness (QED) is 0.122. The first kappa shape index (κ1) is 42.6. The largest absolute Gasteiger partial charge is 0.488 e. The summed E-state index contributed by atoms with van der Waals surface area (Å²) in [4.78, 5) is 54.1. The fraction of sp³-hybridized carbons (Fsp3) is 0.600. The Morgan fingerprint density at radius 3 is 1.96 bits per heavy atom. The van der Waals surface area contributed by atoms with Gasteiger partial charge in [0.05, 0.1) is 31.7 Å². The van der Waals surface area contributed by atoms with Crippen molar-refractivity contribution in [1.82, 2.24) is 5.32 Å². The van der Waals surface area contributed by atoms with Gasteiger partial charge in [-0.15, -0.1) is 0 Å². The number of rotatable bonds is 21. The molecule has 0 aliphatic heterocycles. The number of hydrogen-bond acceptors (Lipinski definition) is 9. The summed E-state index contributed by atoms with van der Waals surface area (Å²) in [6.07, 6.45) is 0.896. The summed E-state index contributed by atoms with van der Waals surface area (Å²) in [7, 11) is 1.58. The Morgan fingerprint density at radius 2 is 1.38 bits per heavy atom. The van der Waals surface area contributed by atoms with Crippen molar-refractivity contribution in [3.05, 3.63) is 65.7 Å². The van der Waals surface area contributed by atoms with Crippen LogP contribution >= 0.6 is 0 Å². The number of esters is 1. The molecule has 0 heterocycles. The third kappa shape index (κ3) is 16.4. The van der Waals surface area contributed by atoms with Crippen molar-refractivity contribution in [2.75, 3.05) is 26.9 Å². The van der Waals surface area contributed by atoms with E-state index in [9.17, 15) is 19.2 Å². The molecule has 0 radical (unpaired) electrons. The number of carbonyl (C=O) groups excluding carboxylic acids is 4. The molecule has 3 atom stereocenters. The van der Waals surface area contributed by atoms with Gasteiger partial charge in [-0.2, -0.15) is 0 Å². The standard InChI is InChI=1S/C40H60N2O8/c1-38(2,3)49-30-19-17-29(18-20-30)25-32(41)35(44)27-40(7,8)31(24-28-14-11-10-12-15-28)37(46)42-33(26-36(45)50-39(4,5)6)34(43)16-13-21-48-23-22-47-9/h10-12,14-15,17-20,31-33H,13,16,21-27,41H2,1-9H3,(H,42,46). The van der Waals surface area contributed by atoms with E-state index in [1.54, 1.807) is 27.9 Å². The first-order valence-electron chi connectivity index (χ1n) is 17.5. The van der Waals surface area contributed by atoms with E-state index in [4.69, 9.17) is 24.7 Å². The van der Waals surface area contributed by atoms with E-state index in [0.717, 1.165) is 16.9 Å². The lowest BCUT2D eigenvalue weighted by molar-refractivity contribution is -0.156. The highest BCUT2D eigenvalue weighted by Crippen LogP contribution is 2.35. The number of Topliss-reactive ketones (excluding diaryl/α,β-unsaturated/α-hetero) is 2. The van der Waals surface area contributed by atoms with Crippen LogP contribution in [0.3, 0.4) is 0 Å². The van der Waals surface area contributed by atoms with Crippen LogP contribution in [0.15, 0.2) is 54.6 Å². The van der Waals surface area contributed by atoms with Crippen molar-refractivity contribution in [2.24, 2.45) is 17.1 Å². The van der Waals surface area contributed by atoms with Crippen LogP contribution in [0.25, 0.3) is 0 Å². The molecule has 2 rings (SSSR count). The van der Waals surface area contributed by atoms with E-state index >= 15 is 0 Å². The van der Waals surface area contributed by atoms with Gasteiger partial charge in [0.2, 0.25) is 5.91 Å². The molecule has 3 unspecified atom stereocenters. The summed E-state index contributed by atoms with van der Waals surface area (Å²) in [5.74, 6) is -1.48. The van der Waals surface area contributed by atoms with Crippen LogP contribution in [0, 0.1) is 11.3 Å². The molecule has 50 heavy (non-hydrogen) atoms. The SMILES string of the molecule is COCCOCCCC(=O)C(CC(=O)OC(C)(C)C)NC(=O)C(Cc1ccccc1)C(C)(C)CC(=O)C(N)Cc1ccc(OC(C)(C)C)cc1. The molecular formula is C40H60N2O8. The lowest BCUT2D eigenvalue weighted by Gasteiger charge is -2.35. The average Bonchev–Trinajstić information content (AvgIpc) is 3.00. The maximum Gasteiger partial charge on any atom is 0.308 e. The van der Waals surface area contributed by atoms with Gasteiger partial charge < -0.3 is 30.0 Å². The highest BCUT2D eigenvalue weighted by Gasteiger charge is 2.39. The van der Waals surface area contributed by atoms with Crippen LogP contribution in [0.4, 0.5) is 0 Å². The molecule has 3 N–H and O–H groups in total. The number of methoxy groups -OCH3 is 1. The number of nitrogens with one attached hydrogen (secondary N) is 1. The lowest BCUT2D eigenvalue weighted by Crippen LogP contribution is -2.50. The van der Waals surface area contributed by atoms with E-state index in [1.165, 1.54) is 0 Å². The summed E-state index contributed by atoms with van der Waals surface area (Å²) in [5, 5.41) is 2.88. The maximum absolute atomic E-state index is 14.2. The summed E-state index contributed by atoms with van der Waals surface area (Å²) in [5.41, 5.74) is 6.30. The minimum atomic E-state index is -1.10. The molecule has 278 valence electrons. The van der Waals surface area contributed by atoms with Gasteiger partial charge in [0.1, 0.15) is 22.7 Å². The summed E-state index contributed by atoms with van der Waals surface area (Å²) >= 11 is 0. The number of ether oxygens (including phenoxy) is 4. The number of amides is 1. The summed E-state index contributed by atoms with van der Waals surface area (Å²) in [6, 6.07) is 15.2. The second-order valence-electron chi connectivity index (χ2n) is 15.6. The van der Waals surface area contributed by atoms with Gasteiger partial charge in [-0.1, -0.05) is 56.3 Å². The zero-order chi connectivity index (χ0) is 37.5. The predicted molar refractivity (Wildman–Crippen MR) is 195 cm³/mol. The van der Waals surface area contributed by atoms with E-state index in [2.05, 4.69) is 5.32 Å². The highest BCUT2D eigenvalue weighted by molar-refractivity contribution is 5.93. The van der Waals surface area contributed by atoms with Crippen molar-refractivity contribution in [3.8, 4) is 5.75 Å². The van der Waals surface area contributed by atoms with Crippen LogP contribution in [0.5, 0.6) is 5.75 Å². The molecule has 0 bridgehead atoms. The second kappa shape index (κ2) is 19.7. The first-order valence-corrected chi connectivity index (χ1v) is 17.5. The third-order valence-electron chi connectivity index (χ3n) is 8.03. The molecule has 10 heteroatoms. The lowest BCUT2D eigenvalue weighted by atomic mass is 9.71. The Hall–Kier alpha value is -3.60. The number of nitrogens with two attached hydrogens (primary N) is 1. The Balaban J connectivity index is 2.25. The zero-order valence-corrected chi connectivity index (χ0v) is 31.6. The maximum atomic E-state index is 14.2. The fourth-order valence-electron chi connectivity index (χ4n) is 5.53. The smallest absolute Gasteiger partial charge is 0.308 e. The normalized spacial score (nSPS) is 14.0. The van der Waals surface area contributed by atoms with Crippen molar-refractivity contribution >= 4 is 23.4 Å². The molecule has 0 aromatic heterocycles. The van der Waals surface area contributed by atoms with Gasteiger partial charge in [-0.05, 0) is 89.5 Å². The third-order valence-corrected chi connectivity index (χ3v) is 8.03. The average molecular weight is 697 g/mol. The molecule has 10 nitrogen and oxygen atoms in total. The molecule has 0 aliphatic carbocycles. The Labute approximate surface area is 299 Å². The van der Waals surface area contributed by atoms with Crippen molar-refractivity contribution < 1.29 is 38.1 Å². The Bertz CT molecular complexity index is 1360. The Kier molecular flexibility index (Phi) is 16.8. The molecule has 0 spiro atoms. The monoisotopic (exact) mass is 696 g/mol.